The predicted molar refractivity (Wildman–Crippen MR) is 139 cm³/mol. The van der Waals surface area contributed by atoms with Gasteiger partial charge in [0.25, 0.3) is 0 Å². The van der Waals surface area contributed by atoms with E-state index in [4.69, 9.17) is 14.5 Å². The number of hydrogen-bond acceptors (Lipinski definition) is 4. The van der Waals surface area contributed by atoms with E-state index in [-0.39, 0.29) is 37.1 Å². The molecule has 0 atom stereocenters. The summed E-state index contributed by atoms with van der Waals surface area (Å²) in [5.41, 5.74) is 7.48. The molecule has 2 aromatic heterocycles. The average molecular weight is 647 g/mol. The van der Waals surface area contributed by atoms with E-state index in [2.05, 4.69) is 65.0 Å². The van der Waals surface area contributed by atoms with E-state index in [0.717, 1.165) is 44.7 Å². The summed E-state index contributed by atoms with van der Waals surface area (Å²) in [7, 11) is 0. The third-order valence-electron chi connectivity index (χ3n) is 5.42. The topological polar surface area (TPSA) is 63.3 Å². The Hall–Kier alpha value is -3.01. The minimum atomic E-state index is -0.125. The zero-order valence-electron chi connectivity index (χ0n) is 21.3. The molecule has 4 aromatic rings. The second kappa shape index (κ2) is 11.6. The van der Waals surface area contributed by atoms with Crippen molar-refractivity contribution in [2.75, 3.05) is 0 Å². The van der Waals surface area contributed by atoms with Crippen molar-refractivity contribution >= 4 is 16.8 Å². The van der Waals surface area contributed by atoms with Crippen LogP contribution in [0.25, 0.3) is 33.6 Å². The first kappa shape index (κ1) is 28.2. The molecule has 5 heteroatoms. The number of allylic oxidation sites excluding steroid dienone is 2. The average Bonchev–Trinajstić information content (AvgIpc) is 3.09. The van der Waals surface area contributed by atoms with E-state index in [1.54, 1.807) is 0 Å². The van der Waals surface area contributed by atoms with Crippen molar-refractivity contribution in [3.05, 3.63) is 89.3 Å². The molecule has 185 valence electrons. The van der Waals surface area contributed by atoms with Crippen LogP contribution < -0.4 is 0 Å². The Morgan fingerprint density at radius 2 is 1.71 bits per heavy atom. The Morgan fingerprint density at radius 3 is 2.26 bits per heavy atom. The molecule has 0 amide bonds. The molecule has 2 heterocycles. The largest absolute Gasteiger partial charge is 0.512 e. The SMILES string of the molecule is CC(=O)/C=C(/C)O.Cc1[c-]c(-c2cc3oc(-c4ccccc4)c(C)c3cn2)cc(C(C)(C)C)c1.[Ir]. The minimum absolute atomic E-state index is 0. The molecule has 0 saturated carbocycles. The number of rotatable bonds is 3. The van der Waals surface area contributed by atoms with Crippen molar-refractivity contribution in [3.8, 4) is 22.6 Å². The van der Waals surface area contributed by atoms with Crippen LogP contribution in [-0.2, 0) is 30.3 Å². The molecule has 0 aliphatic carbocycles. The van der Waals surface area contributed by atoms with Gasteiger partial charge in [-0.15, -0.1) is 34.9 Å². The Bertz CT molecular complexity index is 1340. The van der Waals surface area contributed by atoms with Gasteiger partial charge < -0.3 is 14.5 Å². The summed E-state index contributed by atoms with van der Waals surface area (Å²) in [5.74, 6) is 0.848. The molecular weight excluding hydrogens is 615 g/mol. The maximum atomic E-state index is 10.0. The summed E-state index contributed by atoms with van der Waals surface area (Å²) >= 11 is 0. The van der Waals surface area contributed by atoms with Crippen LogP contribution >= 0.6 is 0 Å². The molecule has 1 N–H and O–H groups in total. The maximum absolute atomic E-state index is 10.0. The van der Waals surface area contributed by atoms with Crippen molar-refractivity contribution in [3.63, 3.8) is 0 Å². The van der Waals surface area contributed by atoms with Crippen LogP contribution in [0.2, 0.25) is 0 Å². The van der Waals surface area contributed by atoms with Gasteiger partial charge >= 0.3 is 0 Å². The number of carbonyl (C=O) groups excluding carboxylic acids is 1. The molecule has 0 aliphatic rings. The van der Waals surface area contributed by atoms with Crippen LogP contribution in [0.1, 0.15) is 51.3 Å². The number of ketones is 1. The molecule has 4 rings (SSSR count). The van der Waals surface area contributed by atoms with E-state index < -0.39 is 0 Å². The quantitative estimate of drug-likeness (QED) is 0.140. The summed E-state index contributed by atoms with van der Waals surface area (Å²) in [6, 6.07) is 20.1. The van der Waals surface area contributed by atoms with E-state index in [1.165, 1.54) is 25.5 Å². The molecule has 2 aromatic carbocycles. The summed E-state index contributed by atoms with van der Waals surface area (Å²) in [6.07, 6.45) is 3.09. The maximum Gasteiger partial charge on any atom is 0.155 e. The first-order chi connectivity index (χ1) is 16.0. The summed E-state index contributed by atoms with van der Waals surface area (Å²) in [5, 5.41) is 9.42. The van der Waals surface area contributed by atoms with Gasteiger partial charge in [0.15, 0.2) is 5.78 Å². The van der Waals surface area contributed by atoms with Gasteiger partial charge in [0.1, 0.15) is 11.3 Å². The monoisotopic (exact) mass is 647 g/mol. The first-order valence-corrected chi connectivity index (χ1v) is 11.3. The fourth-order valence-corrected chi connectivity index (χ4v) is 3.70. The second-order valence-corrected chi connectivity index (χ2v) is 9.60. The van der Waals surface area contributed by atoms with Crippen LogP contribution in [0.5, 0.6) is 0 Å². The van der Waals surface area contributed by atoms with Crippen molar-refractivity contribution in [1.82, 2.24) is 4.98 Å². The van der Waals surface area contributed by atoms with Gasteiger partial charge in [-0.1, -0.05) is 58.0 Å². The Labute approximate surface area is 221 Å². The number of aromatic nitrogens is 1. The van der Waals surface area contributed by atoms with Crippen LogP contribution in [0.15, 0.2) is 71.0 Å². The molecule has 0 fully saturated rings. The molecule has 0 spiro atoms. The van der Waals surface area contributed by atoms with Crippen LogP contribution in [0.4, 0.5) is 0 Å². The smallest absolute Gasteiger partial charge is 0.155 e. The zero-order chi connectivity index (χ0) is 25.0. The van der Waals surface area contributed by atoms with Crippen molar-refractivity contribution in [2.45, 2.75) is 53.9 Å². The van der Waals surface area contributed by atoms with E-state index in [0.29, 0.717) is 0 Å². The number of pyridine rings is 1. The standard InChI is InChI=1S/C25H24NO.C5H8O2.Ir/c1-16-11-19(13-20(12-16)25(3,4)5)22-14-23-21(15-26-22)17(2)24(27-23)18-9-7-6-8-10-18;1-4(6)3-5(2)7;/h6-10,12-15H,1-5H3;3,6H,1-2H3;/q-1;;/b;4-3-;. The molecule has 0 saturated heterocycles. The fourth-order valence-electron chi connectivity index (χ4n) is 3.70. The number of fused-ring (bicyclic) bond motifs is 1. The molecule has 35 heavy (non-hydrogen) atoms. The summed E-state index contributed by atoms with van der Waals surface area (Å²) in [6.45, 7) is 13.7. The van der Waals surface area contributed by atoms with Crippen molar-refractivity contribution < 1.29 is 34.4 Å². The third kappa shape index (κ3) is 7.24. The Morgan fingerprint density at radius 1 is 1.06 bits per heavy atom. The number of aliphatic hydroxyl groups is 1. The number of aliphatic hydroxyl groups excluding tert-OH is 1. The van der Waals surface area contributed by atoms with Gasteiger partial charge in [-0.2, -0.15) is 0 Å². The van der Waals surface area contributed by atoms with Crippen LogP contribution in [-0.4, -0.2) is 15.9 Å². The van der Waals surface area contributed by atoms with Gasteiger partial charge in [-0.05, 0) is 37.9 Å². The molecule has 0 bridgehead atoms. The zero-order valence-corrected chi connectivity index (χ0v) is 23.7. The van der Waals surface area contributed by atoms with Crippen molar-refractivity contribution in [2.24, 2.45) is 0 Å². The number of aryl methyl sites for hydroxylation is 2. The minimum Gasteiger partial charge on any atom is -0.512 e. The number of nitrogens with zero attached hydrogens (tertiary/aromatic N) is 1. The normalized spacial score (nSPS) is 11.5. The second-order valence-electron chi connectivity index (χ2n) is 9.60. The van der Waals surface area contributed by atoms with E-state index in [1.807, 2.05) is 30.5 Å². The Balaban J connectivity index is 0.000000476. The molecule has 4 nitrogen and oxygen atoms in total. The van der Waals surface area contributed by atoms with Crippen LogP contribution in [0, 0.1) is 19.9 Å². The first-order valence-electron chi connectivity index (χ1n) is 11.3. The van der Waals surface area contributed by atoms with Gasteiger partial charge in [0, 0.05) is 48.9 Å². The number of furan rings is 1. The number of carbonyl (C=O) groups is 1. The molecular formula is C30H32IrNO3-. The van der Waals surface area contributed by atoms with Crippen molar-refractivity contribution in [1.29, 1.82) is 0 Å². The molecule has 0 aliphatic heterocycles. The molecule has 1 radical (unpaired) electrons. The van der Waals surface area contributed by atoms with E-state index >= 15 is 0 Å². The number of hydrogen-bond donors (Lipinski definition) is 1. The summed E-state index contributed by atoms with van der Waals surface area (Å²) in [4.78, 5) is 14.7. The predicted octanol–water partition coefficient (Wildman–Crippen LogP) is 7.91. The summed E-state index contributed by atoms with van der Waals surface area (Å²) < 4.78 is 6.22. The third-order valence-corrected chi connectivity index (χ3v) is 5.42. The number of benzene rings is 2. The van der Waals surface area contributed by atoms with Gasteiger partial charge in [-0.25, -0.2) is 0 Å². The van der Waals surface area contributed by atoms with E-state index in [9.17, 15) is 4.79 Å². The molecule has 0 unspecified atom stereocenters. The fraction of sp³-hybridized carbons (Fsp3) is 0.267. The van der Waals surface area contributed by atoms with Crippen LogP contribution in [0.3, 0.4) is 0 Å². The van der Waals surface area contributed by atoms with Gasteiger partial charge in [0.05, 0.1) is 5.76 Å². The van der Waals surface area contributed by atoms with Gasteiger partial charge in [-0.3, -0.25) is 4.79 Å². The Kier molecular flexibility index (Phi) is 9.37. The van der Waals surface area contributed by atoms with Gasteiger partial charge in [0.2, 0.25) is 0 Å².